The molecule has 37 heavy (non-hydrogen) atoms. The number of carbonyl (C=O) groups is 1. The standard InChI is InChI=1S/C15H17ClFN3O2.C12H21NO2/c1-5-9-6(2)10-11(14(21)19-9)15(20-13(16)12(10)17)22-8(4)7(3)18;1-8-7-10(9-5-6-9)13(8)11(14)15-12(2,3)4/h5,7-8H,1,18H2,2-4H3,(H,19,21);8-10H,5-7H2,1-4H3. The summed E-state index contributed by atoms with van der Waals surface area (Å²) in [5.74, 6) is -0.0379. The fourth-order valence-electron chi connectivity index (χ4n) is 4.36. The molecular weight excluding hydrogens is 499 g/mol. The van der Waals surface area contributed by atoms with Gasteiger partial charge in [-0.15, -0.1) is 0 Å². The van der Waals surface area contributed by atoms with Gasteiger partial charge in [-0.25, -0.2) is 9.18 Å². The Labute approximate surface area is 222 Å². The first-order chi connectivity index (χ1) is 17.2. The van der Waals surface area contributed by atoms with Crippen LogP contribution in [0.3, 0.4) is 0 Å². The van der Waals surface area contributed by atoms with Crippen molar-refractivity contribution in [1.82, 2.24) is 14.9 Å². The van der Waals surface area contributed by atoms with Gasteiger partial charge in [0.25, 0.3) is 5.56 Å². The number of hydrogen-bond donors (Lipinski definition) is 2. The number of nitrogens with zero attached hydrogens (tertiary/aromatic N) is 2. The molecule has 1 aliphatic carbocycles. The summed E-state index contributed by atoms with van der Waals surface area (Å²) >= 11 is 5.84. The molecular formula is C27H38ClFN4O4. The van der Waals surface area contributed by atoms with Crippen LogP contribution in [0.15, 0.2) is 11.4 Å². The molecule has 2 aromatic heterocycles. The van der Waals surface area contributed by atoms with Crippen molar-refractivity contribution in [2.24, 2.45) is 11.7 Å². The normalized spacial score (nSPS) is 20.9. The zero-order valence-electron chi connectivity index (χ0n) is 22.7. The lowest BCUT2D eigenvalue weighted by Crippen LogP contribution is -2.59. The molecule has 4 unspecified atom stereocenters. The molecule has 10 heteroatoms. The number of pyridine rings is 2. The van der Waals surface area contributed by atoms with Gasteiger partial charge < -0.3 is 25.1 Å². The van der Waals surface area contributed by atoms with E-state index in [1.54, 1.807) is 20.8 Å². The number of ether oxygens (including phenoxy) is 2. The van der Waals surface area contributed by atoms with Crippen LogP contribution in [0.5, 0.6) is 5.88 Å². The number of nitrogens with one attached hydrogen (secondary N) is 1. The number of carbonyl (C=O) groups excluding carboxylic acids is 1. The molecule has 0 radical (unpaired) electrons. The zero-order chi connectivity index (χ0) is 27.8. The highest BCUT2D eigenvalue weighted by atomic mass is 35.5. The van der Waals surface area contributed by atoms with E-state index >= 15 is 0 Å². The molecule has 1 saturated carbocycles. The Morgan fingerprint density at radius 1 is 1.32 bits per heavy atom. The summed E-state index contributed by atoms with van der Waals surface area (Å²) in [5, 5.41) is -0.272. The van der Waals surface area contributed by atoms with Crippen molar-refractivity contribution < 1.29 is 18.7 Å². The van der Waals surface area contributed by atoms with Crippen molar-refractivity contribution in [1.29, 1.82) is 0 Å². The van der Waals surface area contributed by atoms with E-state index in [1.165, 1.54) is 18.9 Å². The van der Waals surface area contributed by atoms with Crippen molar-refractivity contribution in [3.05, 3.63) is 39.2 Å². The summed E-state index contributed by atoms with van der Waals surface area (Å²) in [4.78, 5) is 32.6. The molecule has 4 atom stereocenters. The molecule has 1 aliphatic heterocycles. The van der Waals surface area contributed by atoms with Gasteiger partial charge in [0.15, 0.2) is 11.0 Å². The van der Waals surface area contributed by atoms with E-state index in [0.29, 0.717) is 23.3 Å². The van der Waals surface area contributed by atoms with Gasteiger partial charge in [0.2, 0.25) is 5.88 Å². The maximum absolute atomic E-state index is 14.4. The van der Waals surface area contributed by atoms with E-state index in [9.17, 15) is 14.0 Å². The molecule has 1 amide bonds. The van der Waals surface area contributed by atoms with E-state index < -0.39 is 17.5 Å². The molecule has 2 fully saturated rings. The third-order valence-electron chi connectivity index (χ3n) is 6.75. The number of likely N-dealkylation sites (tertiary alicyclic amines) is 1. The summed E-state index contributed by atoms with van der Waals surface area (Å²) in [7, 11) is 0. The number of hydrogen-bond acceptors (Lipinski definition) is 6. The molecule has 2 aliphatic rings. The molecule has 204 valence electrons. The Bertz CT molecular complexity index is 1240. The summed E-state index contributed by atoms with van der Waals surface area (Å²) in [6.45, 7) is 16.6. The smallest absolute Gasteiger partial charge is 0.410 e. The van der Waals surface area contributed by atoms with Gasteiger partial charge in [0, 0.05) is 29.2 Å². The van der Waals surface area contributed by atoms with Crippen molar-refractivity contribution in [3.63, 3.8) is 0 Å². The highest BCUT2D eigenvalue weighted by molar-refractivity contribution is 6.30. The molecule has 8 nitrogen and oxygen atoms in total. The fraction of sp³-hybridized carbons (Fsp3) is 0.593. The molecule has 0 aromatic carbocycles. The number of fused-ring (bicyclic) bond motifs is 1. The van der Waals surface area contributed by atoms with Gasteiger partial charge in [-0.1, -0.05) is 18.2 Å². The summed E-state index contributed by atoms with van der Waals surface area (Å²) in [6.07, 6.45) is 4.63. The minimum atomic E-state index is -0.760. The minimum absolute atomic E-state index is 0.0116. The van der Waals surface area contributed by atoms with Crippen LogP contribution < -0.4 is 16.0 Å². The average Bonchev–Trinajstić information content (AvgIpc) is 3.60. The lowest BCUT2D eigenvalue weighted by atomic mass is 9.91. The molecule has 3 heterocycles. The van der Waals surface area contributed by atoms with Gasteiger partial charge in [-0.3, -0.25) is 4.79 Å². The highest BCUT2D eigenvalue weighted by Crippen LogP contribution is 2.44. The van der Waals surface area contributed by atoms with Crippen LogP contribution in [0, 0.1) is 18.7 Å². The number of nitrogens with two attached hydrogens (primary N) is 1. The number of H-pyrrole nitrogens is 1. The third kappa shape index (κ3) is 6.44. The number of amides is 1. The SMILES string of the molecule is C=Cc1[nH]c(=O)c2c(OC(C)C(C)N)nc(Cl)c(F)c2c1C.CC1CC(C2CC2)N1C(=O)OC(C)(C)C. The first kappa shape index (κ1) is 28.9. The first-order valence-electron chi connectivity index (χ1n) is 12.6. The average molecular weight is 537 g/mol. The van der Waals surface area contributed by atoms with Crippen LogP contribution >= 0.6 is 11.6 Å². The van der Waals surface area contributed by atoms with Gasteiger partial charge in [0.05, 0.1) is 0 Å². The third-order valence-corrected chi connectivity index (χ3v) is 7.00. The van der Waals surface area contributed by atoms with E-state index in [0.717, 1.165) is 12.3 Å². The highest BCUT2D eigenvalue weighted by Gasteiger charge is 2.48. The Balaban J connectivity index is 0.000000220. The molecule has 3 N–H and O–H groups in total. The number of aryl methyl sites for hydroxylation is 1. The van der Waals surface area contributed by atoms with Crippen LogP contribution in [0.25, 0.3) is 16.8 Å². The summed E-state index contributed by atoms with van der Waals surface area (Å²) in [6, 6.07) is 0.536. The quantitative estimate of drug-likeness (QED) is 0.483. The number of aromatic amines is 1. The van der Waals surface area contributed by atoms with Gasteiger partial charge in [0.1, 0.15) is 17.1 Å². The van der Waals surface area contributed by atoms with Crippen molar-refractivity contribution >= 4 is 34.5 Å². The molecule has 0 spiro atoms. The van der Waals surface area contributed by atoms with Crippen LogP contribution in [0.1, 0.15) is 72.1 Å². The Morgan fingerprint density at radius 2 is 1.95 bits per heavy atom. The van der Waals surface area contributed by atoms with E-state index in [1.807, 2.05) is 25.7 Å². The number of halogens is 2. The maximum atomic E-state index is 14.4. The van der Waals surface area contributed by atoms with Crippen LogP contribution in [0.2, 0.25) is 5.15 Å². The van der Waals surface area contributed by atoms with Crippen molar-refractivity contribution in [3.8, 4) is 5.88 Å². The minimum Gasteiger partial charge on any atom is -0.472 e. The van der Waals surface area contributed by atoms with Crippen LogP contribution in [-0.2, 0) is 4.74 Å². The Kier molecular flexibility index (Phi) is 8.59. The lowest BCUT2D eigenvalue weighted by molar-refractivity contribution is -0.0323. The second-order valence-electron chi connectivity index (χ2n) is 11.0. The van der Waals surface area contributed by atoms with E-state index in [2.05, 4.69) is 23.5 Å². The number of rotatable bonds is 5. The Morgan fingerprint density at radius 3 is 2.43 bits per heavy atom. The molecule has 4 rings (SSSR count). The molecule has 2 aromatic rings. The van der Waals surface area contributed by atoms with Crippen LogP contribution in [0.4, 0.5) is 9.18 Å². The second kappa shape index (κ2) is 11.0. The fourth-order valence-corrected chi connectivity index (χ4v) is 4.53. The van der Waals surface area contributed by atoms with E-state index in [4.69, 9.17) is 26.8 Å². The van der Waals surface area contributed by atoms with Gasteiger partial charge in [-0.2, -0.15) is 4.98 Å². The summed E-state index contributed by atoms with van der Waals surface area (Å²) < 4.78 is 25.4. The first-order valence-corrected chi connectivity index (χ1v) is 13.0. The van der Waals surface area contributed by atoms with Crippen molar-refractivity contribution in [2.45, 2.75) is 97.6 Å². The monoisotopic (exact) mass is 536 g/mol. The molecule has 1 saturated heterocycles. The van der Waals surface area contributed by atoms with Gasteiger partial charge in [-0.05, 0) is 85.3 Å². The Hall–Kier alpha value is -2.65. The van der Waals surface area contributed by atoms with Crippen molar-refractivity contribution in [2.75, 3.05) is 0 Å². The molecule has 0 bridgehead atoms. The van der Waals surface area contributed by atoms with Gasteiger partial charge >= 0.3 is 6.09 Å². The largest absolute Gasteiger partial charge is 0.472 e. The topological polar surface area (TPSA) is 111 Å². The predicted octanol–water partition coefficient (Wildman–Crippen LogP) is 5.58. The van der Waals surface area contributed by atoms with Crippen LogP contribution in [-0.4, -0.2) is 50.8 Å². The zero-order valence-corrected chi connectivity index (χ0v) is 23.4. The van der Waals surface area contributed by atoms with E-state index in [-0.39, 0.29) is 39.5 Å². The predicted molar refractivity (Wildman–Crippen MR) is 145 cm³/mol. The maximum Gasteiger partial charge on any atom is 0.410 e. The lowest BCUT2D eigenvalue weighted by Gasteiger charge is -2.47. The summed E-state index contributed by atoms with van der Waals surface area (Å²) in [5.41, 5.74) is 5.78. The second-order valence-corrected chi connectivity index (χ2v) is 11.4. The number of aromatic nitrogens is 2.